The number of thioether (sulfide) groups is 1. The smallest absolute Gasteiger partial charge is 0.336 e. The first kappa shape index (κ1) is 14.4. The number of hydrogen-bond acceptors (Lipinski definition) is 3. The van der Waals surface area contributed by atoms with Crippen molar-refractivity contribution >= 4 is 11.8 Å². The van der Waals surface area contributed by atoms with E-state index in [1.807, 2.05) is 6.92 Å². The summed E-state index contributed by atoms with van der Waals surface area (Å²) in [6.07, 6.45) is 4.83. The van der Waals surface area contributed by atoms with Crippen molar-refractivity contribution in [2.24, 2.45) is 5.73 Å². The lowest BCUT2D eigenvalue weighted by Gasteiger charge is -2.06. The molecule has 1 aromatic heterocycles. The summed E-state index contributed by atoms with van der Waals surface area (Å²) in [7, 11) is 0. The van der Waals surface area contributed by atoms with E-state index in [9.17, 15) is 13.2 Å². The molecule has 3 nitrogen and oxygen atoms in total. The fraction of sp³-hybridized carbons (Fsp3) is 0.700. The molecule has 1 aromatic rings. The number of halogens is 3. The van der Waals surface area contributed by atoms with E-state index in [0.717, 1.165) is 12.1 Å². The van der Waals surface area contributed by atoms with Crippen LogP contribution in [0.2, 0.25) is 0 Å². The lowest BCUT2D eigenvalue weighted by atomic mass is 10.1. The summed E-state index contributed by atoms with van der Waals surface area (Å²) in [5.41, 5.74) is 2.44. The Morgan fingerprint density at radius 2 is 2.24 bits per heavy atom. The fourth-order valence-corrected chi connectivity index (χ4v) is 1.85. The molecule has 0 radical (unpaired) electrons. The van der Waals surface area contributed by atoms with Crippen LogP contribution in [0, 0.1) is 0 Å². The highest BCUT2D eigenvalue weighted by molar-refractivity contribution is 8.00. The summed E-state index contributed by atoms with van der Waals surface area (Å²) < 4.78 is 37.4. The number of imidazole rings is 1. The van der Waals surface area contributed by atoms with Crippen LogP contribution in [0.4, 0.5) is 13.2 Å². The highest BCUT2D eigenvalue weighted by Gasteiger charge is 2.27. The minimum atomic E-state index is -4.16. The number of aromatic nitrogens is 2. The number of nitrogens with two attached hydrogens (primary N) is 1. The van der Waals surface area contributed by atoms with Crippen LogP contribution >= 0.6 is 11.8 Å². The Labute approximate surface area is 103 Å². The summed E-state index contributed by atoms with van der Waals surface area (Å²) in [6.45, 7) is 2.29. The van der Waals surface area contributed by atoms with E-state index in [-0.39, 0.29) is 23.6 Å². The van der Waals surface area contributed by atoms with Gasteiger partial charge in [0.25, 0.3) is 0 Å². The molecule has 0 fully saturated rings. The van der Waals surface area contributed by atoms with E-state index in [4.69, 9.17) is 5.73 Å². The van der Waals surface area contributed by atoms with Gasteiger partial charge in [-0.3, -0.25) is 0 Å². The van der Waals surface area contributed by atoms with Gasteiger partial charge in [-0.1, -0.05) is 6.92 Å². The van der Waals surface area contributed by atoms with E-state index in [1.54, 1.807) is 17.1 Å². The number of alkyl halides is 3. The molecule has 2 N–H and O–H groups in total. The third-order valence-corrected chi connectivity index (χ3v) is 3.01. The molecule has 1 atom stereocenters. The van der Waals surface area contributed by atoms with Gasteiger partial charge < -0.3 is 10.3 Å². The molecule has 7 heteroatoms. The standard InChI is InChI=1S/C10H16F3N3S/c1-2-8(14)5-9-6-16(7-15-9)3-4-17-10(11,12)13/h6-8H,2-5,14H2,1H3. The van der Waals surface area contributed by atoms with Crippen molar-refractivity contribution in [3.8, 4) is 0 Å². The molecule has 0 aliphatic heterocycles. The van der Waals surface area contributed by atoms with Crippen LogP contribution in [-0.2, 0) is 13.0 Å². The van der Waals surface area contributed by atoms with Crippen molar-refractivity contribution in [2.75, 3.05) is 5.75 Å². The van der Waals surface area contributed by atoms with E-state index >= 15 is 0 Å². The molecular formula is C10H16F3N3S. The second-order valence-electron chi connectivity index (χ2n) is 3.77. The Bertz CT molecular complexity index is 338. The molecule has 1 rings (SSSR count). The SMILES string of the molecule is CCC(N)Cc1cn(CCSC(F)(F)F)cn1. The molecule has 0 bridgehead atoms. The van der Waals surface area contributed by atoms with Crippen LogP contribution in [0.5, 0.6) is 0 Å². The molecule has 0 saturated heterocycles. The maximum atomic E-state index is 11.9. The Balaban J connectivity index is 2.36. The third-order valence-electron chi connectivity index (χ3n) is 2.30. The van der Waals surface area contributed by atoms with E-state index in [2.05, 4.69) is 4.98 Å². The van der Waals surface area contributed by atoms with Crippen molar-refractivity contribution < 1.29 is 13.2 Å². The largest absolute Gasteiger partial charge is 0.441 e. The average Bonchev–Trinajstić information content (AvgIpc) is 2.63. The Kier molecular flexibility index (Phi) is 5.32. The van der Waals surface area contributed by atoms with Gasteiger partial charge >= 0.3 is 5.51 Å². The summed E-state index contributed by atoms with van der Waals surface area (Å²) in [6, 6.07) is 0.0582. The van der Waals surface area contributed by atoms with Crippen LogP contribution in [0.15, 0.2) is 12.5 Å². The number of hydrogen-bond donors (Lipinski definition) is 1. The molecular weight excluding hydrogens is 251 g/mol. The van der Waals surface area contributed by atoms with Gasteiger partial charge in [0.15, 0.2) is 0 Å². The summed E-state index contributed by atoms with van der Waals surface area (Å²) in [5.74, 6) is -0.000862. The number of aryl methyl sites for hydroxylation is 1. The van der Waals surface area contributed by atoms with E-state index in [1.165, 1.54) is 0 Å². The summed E-state index contributed by atoms with van der Waals surface area (Å²) >= 11 is -0.0172. The van der Waals surface area contributed by atoms with Gasteiger partial charge in [-0.25, -0.2) is 4.98 Å². The number of nitrogens with zero attached hydrogens (tertiary/aromatic N) is 2. The molecule has 0 saturated carbocycles. The highest BCUT2D eigenvalue weighted by atomic mass is 32.2. The molecule has 0 aliphatic carbocycles. The van der Waals surface area contributed by atoms with Crippen LogP contribution in [-0.4, -0.2) is 26.9 Å². The Morgan fingerprint density at radius 3 is 2.82 bits per heavy atom. The molecule has 98 valence electrons. The zero-order chi connectivity index (χ0) is 12.9. The Morgan fingerprint density at radius 1 is 1.53 bits per heavy atom. The third kappa shape index (κ3) is 5.97. The highest BCUT2D eigenvalue weighted by Crippen LogP contribution is 2.29. The lowest BCUT2D eigenvalue weighted by Crippen LogP contribution is -2.21. The van der Waals surface area contributed by atoms with Gasteiger partial charge in [0.1, 0.15) is 0 Å². The fourth-order valence-electron chi connectivity index (χ4n) is 1.31. The first-order valence-electron chi connectivity index (χ1n) is 5.37. The van der Waals surface area contributed by atoms with Crippen LogP contribution in [0.1, 0.15) is 19.0 Å². The van der Waals surface area contributed by atoms with Gasteiger partial charge in [0, 0.05) is 31.0 Å². The molecule has 0 aliphatic rings. The van der Waals surface area contributed by atoms with Gasteiger partial charge in [-0.2, -0.15) is 13.2 Å². The topological polar surface area (TPSA) is 43.8 Å². The van der Waals surface area contributed by atoms with Crippen molar-refractivity contribution in [3.63, 3.8) is 0 Å². The van der Waals surface area contributed by atoms with E-state index < -0.39 is 5.51 Å². The van der Waals surface area contributed by atoms with Gasteiger partial charge in [0.2, 0.25) is 0 Å². The molecule has 0 aromatic carbocycles. The van der Waals surface area contributed by atoms with Gasteiger partial charge in [0.05, 0.1) is 12.0 Å². The average molecular weight is 267 g/mol. The summed E-state index contributed by atoms with van der Waals surface area (Å²) in [4.78, 5) is 4.11. The molecule has 0 amide bonds. The first-order valence-corrected chi connectivity index (χ1v) is 6.36. The maximum absolute atomic E-state index is 11.9. The monoisotopic (exact) mass is 267 g/mol. The zero-order valence-electron chi connectivity index (χ0n) is 9.57. The molecule has 0 spiro atoms. The number of rotatable bonds is 6. The predicted octanol–water partition coefficient (Wildman–Crippen LogP) is 2.42. The van der Waals surface area contributed by atoms with Crippen LogP contribution in [0.3, 0.4) is 0 Å². The second kappa shape index (κ2) is 6.30. The van der Waals surface area contributed by atoms with Gasteiger partial charge in [-0.15, -0.1) is 0 Å². The van der Waals surface area contributed by atoms with Crippen LogP contribution in [0.25, 0.3) is 0 Å². The first-order chi connectivity index (χ1) is 7.90. The lowest BCUT2D eigenvalue weighted by molar-refractivity contribution is -0.0328. The molecule has 1 unspecified atom stereocenters. The zero-order valence-corrected chi connectivity index (χ0v) is 10.4. The normalized spacial score (nSPS) is 13.9. The quantitative estimate of drug-likeness (QED) is 0.860. The molecule has 1 heterocycles. The predicted molar refractivity (Wildman–Crippen MR) is 62.7 cm³/mol. The van der Waals surface area contributed by atoms with Crippen molar-refractivity contribution in [3.05, 3.63) is 18.2 Å². The minimum Gasteiger partial charge on any atom is -0.336 e. The van der Waals surface area contributed by atoms with Crippen molar-refractivity contribution in [1.82, 2.24) is 9.55 Å². The molecule has 17 heavy (non-hydrogen) atoms. The minimum absolute atomic E-state index is 0.000862. The maximum Gasteiger partial charge on any atom is 0.441 e. The second-order valence-corrected chi connectivity index (χ2v) is 4.93. The van der Waals surface area contributed by atoms with Crippen molar-refractivity contribution in [2.45, 2.75) is 37.9 Å². The van der Waals surface area contributed by atoms with Crippen molar-refractivity contribution in [1.29, 1.82) is 0 Å². The summed E-state index contributed by atoms with van der Waals surface area (Å²) in [5, 5.41) is 0. The van der Waals surface area contributed by atoms with Gasteiger partial charge in [-0.05, 0) is 18.2 Å². The van der Waals surface area contributed by atoms with Crippen LogP contribution < -0.4 is 5.73 Å². The van der Waals surface area contributed by atoms with E-state index in [0.29, 0.717) is 13.0 Å². The Hall–Kier alpha value is -0.690.